The summed E-state index contributed by atoms with van der Waals surface area (Å²) in [6, 6.07) is 16.4. The van der Waals surface area contributed by atoms with E-state index < -0.39 is 11.0 Å². The molecule has 31 heavy (non-hydrogen) atoms. The smallest absolute Gasteiger partial charge is 0.319 e. The van der Waals surface area contributed by atoms with Gasteiger partial charge in [0.1, 0.15) is 5.15 Å². The summed E-state index contributed by atoms with van der Waals surface area (Å²) in [6.07, 6.45) is 0. The second kappa shape index (κ2) is 8.41. The summed E-state index contributed by atoms with van der Waals surface area (Å²) in [7, 11) is 0. The summed E-state index contributed by atoms with van der Waals surface area (Å²) in [6.45, 7) is 2.14. The summed E-state index contributed by atoms with van der Waals surface area (Å²) in [5, 5.41) is 20.8. The number of amides is 2. The molecule has 0 spiro atoms. The lowest BCUT2D eigenvalue weighted by Gasteiger charge is -2.09. The third kappa shape index (κ3) is 4.46. The van der Waals surface area contributed by atoms with Gasteiger partial charge < -0.3 is 10.6 Å². The van der Waals surface area contributed by atoms with Crippen LogP contribution in [0.1, 0.15) is 11.3 Å². The minimum absolute atomic E-state index is 0.0534. The fraction of sp³-hybridized carbons (Fsp3) is 0.0952. The number of carbonyl (C=O) groups excluding carboxylic acids is 1. The highest BCUT2D eigenvalue weighted by molar-refractivity contribution is 6.29. The molecule has 0 saturated carbocycles. The number of carbonyl (C=O) groups is 1. The Morgan fingerprint density at radius 1 is 1.10 bits per heavy atom. The molecular formula is C21H17ClN6O3. The van der Waals surface area contributed by atoms with Crippen LogP contribution in [0.4, 0.5) is 16.2 Å². The van der Waals surface area contributed by atoms with E-state index in [2.05, 4.69) is 20.7 Å². The standard InChI is InChI=1S/C21H17ClN6O3/c1-13-2-4-14(5-3-13)20-17(27-19(25-20)11-10-18(22)26-27)12-23-21(29)24-15-6-8-16(9-7-15)28(30)31/h2-11H,12H2,1H3,(H2,23,24,29). The maximum atomic E-state index is 12.4. The molecule has 0 saturated heterocycles. The van der Waals surface area contributed by atoms with Crippen LogP contribution in [0.3, 0.4) is 0 Å². The molecule has 0 fully saturated rings. The molecule has 0 bridgehead atoms. The Kier molecular flexibility index (Phi) is 5.50. The van der Waals surface area contributed by atoms with Crippen molar-refractivity contribution in [3.63, 3.8) is 0 Å². The highest BCUT2D eigenvalue weighted by Crippen LogP contribution is 2.25. The van der Waals surface area contributed by atoms with Gasteiger partial charge in [0.25, 0.3) is 5.69 Å². The van der Waals surface area contributed by atoms with E-state index in [1.807, 2.05) is 31.2 Å². The summed E-state index contributed by atoms with van der Waals surface area (Å²) >= 11 is 6.06. The van der Waals surface area contributed by atoms with Crippen LogP contribution in [0, 0.1) is 17.0 Å². The molecule has 2 amide bonds. The molecule has 2 aromatic heterocycles. The van der Waals surface area contributed by atoms with Crippen molar-refractivity contribution in [2.75, 3.05) is 5.32 Å². The lowest BCUT2D eigenvalue weighted by Crippen LogP contribution is -2.29. The van der Waals surface area contributed by atoms with Crippen LogP contribution in [0.25, 0.3) is 16.9 Å². The first-order valence-corrected chi connectivity index (χ1v) is 9.69. The van der Waals surface area contributed by atoms with Gasteiger partial charge in [-0.2, -0.15) is 5.10 Å². The van der Waals surface area contributed by atoms with E-state index in [1.54, 1.807) is 16.6 Å². The van der Waals surface area contributed by atoms with Crippen LogP contribution in [-0.2, 0) is 6.54 Å². The monoisotopic (exact) mass is 436 g/mol. The average molecular weight is 437 g/mol. The number of hydrogen-bond acceptors (Lipinski definition) is 5. The van der Waals surface area contributed by atoms with Gasteiger partial charge >= 0.3 is 6.03 Å². The molecule has 9 nitrogen and oxygen atoms in total. The molecule has 2 N–H and O–H groups in total. The molecule has 0 aliphatic heterocycles. The normalized spacial score (nSPS) is 10.8. The van der Waals surface area contributed by atoms with Crippen LogP contribution in [0.15, 0.2) is 60.7 Å². The first-order valence-electron chi connectivity index (χ1n) is 9.31. The summed E-state index contributed by atoms with van der Waals surface area (Å²) in [5.74, 6) is 0. The SMILES string of the molecule is Cc1ccc(-c2nc3ccc(Cl)nn3c2CNC(=O)Nc2ccc([N+](=O)[O-])cc2)cc1. The van der Waals surface area contributed by atoms with Crippen molar-refractivity contribution in [1.82, 2.24) is 19.9 Å². The van der Waals surface area contributed by atoms with E-state index in [4.69, 9.17) is 11.6 Å². The summed E-state index contributed by atoms with van der Waals surface area (Å²) < 4.78 is 1.60. The van der Waals surface area contributed by atoms with Crippen molar-refractivity contribution in [2.45, 2.75) is 13.5 Å². The van der Waals surface area contributed by atoms with Gasteiger partial charge in [-0.15, -0.1) is 0 Å². The van der Waals surface area contributed by atoms with Crippen molar-refractivity contribution >= 4 is 34.7 Å². The van der Waals surface area contributed by atoms with E-state index in [1.165, 1.54) is 24.3 Å². The number of halogens is 1. The molecule has 0 aliphatic carbocycles. The third-order valence-corrected chi connectivity index (χ3v) is 4.82. The zero-order valence-corrected chi connectivity index (χ0v) is 17.1. The van der Waals surface area contributed by atoms with Crippen molar-refractivity contribution in [1.29, 1.82) is 0 Å². The molecule has 4 aromatic rings. The minimum Gasteiger partial charge on any atom is -0.332 e. The summed E-state index contributed by atoms with van der Waals surface area (Å²) in [4.78, 5) is 27.3. The number of rotatable bonds is 5. The van der Waals surface area contributed by atoms with E-state index in [9.17, 15) is 14.9 Å². The lowest BCUT2D eigenvalue weighted by atomic mass is 10.1. The zero-order chi connectivity index (χ0) is 22.0. The molecule has 156 valence electrons. The Bertz CT molecular complexity index is 1270. The number of nitro groups is 1. The molecule has 0 aliphatic rings. The van der Waals surface area contributed by atoms with Crippen molar-refractivity contribution < 1.29 is 9.72 Å². The first kappa shape index (κ1) is 20.3. The van der Waals surface area contributed by atoms with Crippen LogP contribution in [-0.4, -0.2) is 25.6 Å². The number of nitro benzene ring substituents is 1. The van der Waals surface area contributed by atoms with Gasteiger partial charge in [-0.25, -0.2) is 14.3 Å². The topological polar surface area (TPSA) is 114 Å². The predicted octanol–water partition coefficient (Wildman–Crippen LogP) is 4.59. The Morgan fingerprint density at radius 3 is 2.48 bits per heavy atom. The number of non-ortho nitro benzene ring substituents is 1. The number of nitrogens with zero attached hydrogens (tertiary/aromatic N) is 4. The molecule has 0 atom stereocenters. The summed E-state index contributed by atoms with van der Waals surface area (Å²) in [5.41, 5.74) is 4.34. The van der Waals surface area contributed by atoms with E-state index in [0.717, 1.165) is 11.1 Å². The van der Waals surface area contributed by atoms with Crippen LogP contribution in [0.2, 0.25) is 5.15 Å². The Balaban J connectivity index is 1.57. The third-order valence-electron chi connectivity index (χ3n) is 4.62. The second-order valence-electron chi connectivity index (χ2n) is 6.81. The number of fused-ring (bicyclic) bond motifs is 1. The molecule has 2 heterocycles. The predicted molar refractivity (Wildman–Crippen MR) is 117 cm³/mol. The fourth-order valence-corrected chi connectivity index (χ4v) is 3.20. The quantitative estimate of drug-likeness (QED) is 0.351. The number of hydrogen-bond donors (Lipinski definition) is 2. The fourth-order valence-electron chi connectivity index (χ4n) is 3.06. The van der Waals surface area contributed by atoms with E-state index in [-0.39, 0.29) is 12.2 Å². The molecule has 0 radical (unpaired) electrons. The van der Waals surface area contributed by atoms with Gasteiger partial charge in [0.05, 0.1) is 22.9 Å². The highest BCUT2D eigenvalue weighted by atomic mass is 35.5. The number of anilines is 1. The molecule has 2 aromatic carbocycles. The van der Waals surface area contributed by atoms with E-state index >= 15 is 0 Å². The Labute approximate surface area is 181 Å². The van der Waals surface area contributed by atoms with Crippen molar-refractivity contribution in [3.05, 3.63) is 87.2 Å². The molecular weight excluding hydrogens is 420 g/mol. The number of nitrogens with one attached hydrogen (secondary N) is 2. The van der Waals surface area contributed by atoms with Gasteiger partial charge in [0, 0.05) is 23.4 Å². The second-order valence-corrected chi connectivity index (χ2v) is 7.20. The lowest BCUT2D eigenvalue weighted by molar-refractivity contribution is -0.384. The number of aryl methyl sites for hydroxylation is 1. The Hall–Kier alpha value is -3.98. The largest absolute Gasteiger partial charge is 0.332 e. The van der Waals surface area contributed by atoms with Crippen LogP contribution in [0.5, 0.6) is 0 Å². The maximum absolute atomic E-state index is 12.4. The van der Waals surface area contributed by atoms with Gasteiger partial charge in [-0.1, -0.05) is 41.4 Å². The van der Waals surface area contributed by atoms with Gasteiger partial charge in [0.2, 0.25) is 0 Å². The molecule has 0 unspecified atom stereocenters. The molecule has 10 heteroatoms. The Morgan fingerprint density at radius 2 is 1.81 bits per heavy atom. The van der Waals surface area contributed by atoms with Gasteiger partial charge in [0.15, 0.2) is 5.65 Å². The number of benzene rings is 2. The average Bonchev–Trinajstić information content (AvgIpc) is 3.10. The zero-order valence-electron chi connectivity index (χ0n) is 16.4. The maximum Gasteiger partial charge on any atom is 0.319 e. The minimum atomic E-state index is -0.501. The van der Waals surface area contributed by atoms with Crippen LogP contribution >= 0.6 is 11.6 Å². The van der Waals surface area contributed by atoms with E-state index in [0.29, 0.717) is 27.9 Å². The molecule has 4 rings (SSSR count). The first-order chi connectivity index (χ1) is 14.9. The van der Waals surface area contributed by atoms with Gasteiger partial charge in [-0.05, 0) is 31.2 Å². The highest BCUT2D eigenvalue weighted by Gasteiger charge is 2.16. The number of urea groups is 1. The van der Waals surface area contributed by atoms with Crippen LogP contribution < -0.4 is 10.6 Å². The van der Waals surface area contributed by atoms with Crippen molar-refractivity contribution in [2.24, 2.45) is 0 Å². The van der Waals surface area contributed by atoms with Crippen molar-refractivity contribution in [3.8, 4) is 11.3 Å². The van der Waals surface area contributed by atoms with Gasteiger partial charge in [-0.3, -0.25) is 10.1 Å². The number of aromatic nitrogens is 3. The number of imidazole rings is 1.